The van der Waals surface area contributed by atoms with E-state index in [1.165, 1.54) is 6.07 Å². The van der Waals surface area contributed by atoms with Crippen molar-refractivity contribution in [2.75, 3.05) is 25.5 Å². The van der Waals surface area contributed by atoms with Gasteiger partial charge < -0.3 is 15.4 Å². The van der Waals surface area contributed by atoms with Crippen LogP contribution >= 0.6 is 0 Å². The molecule has 0 aliphatic carbocycles. The molecule has 2 aromatic rings. The number of nitrogens with one attached hydrogen (secondary N) is 2. The Morgan fingerprint density at radius 3 is 2.33 bits per heavy atom. The second kappa shape index (κ2) is 10.6. The van der Waals surface area contributed by atoms with Gasteiger partial charge in [0.25, 0.3) is 0 Å². The van der Waals surface area contributed by atoms with E-state index in [1.807, 2.05) is 24.3 Å². The highest BCUT2D eigenvalue weighted by Gasteiger charge is 2.25. The van der Waals surface area contributed by atoms with Crippen LogP contribution < -0.4 is 10.6 Å². The molecule has 1 aliphatic rings. The van der Waals surface area contributed by atoms with Crippen LogP contribution in [0.5, 0.6) is 0 Å². The first kappa shape index (κ1) is 22.3. The van der Waals surface area contributed by atoms with Crippen LogP contribution in [-0.2, 0) is 27.9 Å². The normalized spacial score (nSPS) is 15.4. The Morgan fingerprint density at radius 1 is 1.00 bits per heavy atom. The maximum Gasteiger partial charge on any atom is 0.319 e. The van der Waals surface area contributed by atoms with Crippen LogP contribution in [0.3, 0.4) is 0 Å². The molecule has 0 atom stereocenters. The number of carbonyl (C=O) groups excluding carboxylic acids is 1. The number of benzene rings is 2. The number of carbonyl (C=O) groups is 1. The van der Waals surface area contributed by atoms with Crippen molar-refractivity contribution in [3.8, 4) is 0 Å². The summed E-state index contributed by atoms with van der Waals surface area (Å²) in [5.41, 5.74) is 2.47. The zero-order chi connectivity index (χ0) is 21.4. The average Bonchev–Trinajstić information content (AvgIpc) is 3.04. The molecule has 30 heavy (non-hydrogen) atoms. The summed E-state index contributed by atoms with van der Waals surface area (Å²) in [4.78, 5) is 12.5. The molecule has 1 saturated heterocycles. The molecule has 7 nitrogen and oxygen atoms in total. The molecule has 0 radical (unpaired) electrons. The SMILES string of the molecule is COCc1ccc(CNC(=O)Nc2cccc(S(=O)(=O)N3CCCCCC3)c2)cc1. The molecule has 2 aromatic carbocycles. The maximum atomic E-state index is 13.0. The van der Waals surface area contributed by atoms with Crippen molar-refractivity contribution in [3.05, 3.63) is 59.7 Å². The standard InChI is InChI=1S/C22H29N3O4S/c1-29-17-19-11-9-18(10-12-19)16-23-22(26)24-20-7-6-8-21(15-20)30(27,28)25-13-4-2-3-5-14-25/h6-12,15H,2-5,13-14,16-17H2,1H3,(H2,23,24,26). The zero-order valence-electron chi connectivity index (χ0n) is 17.3. The summed E-state index contributed by atoms with van der Waals surface area (Å²) < 4.78 is 32.5. The van der Waals surface area contributed by atoms with Gasteiger partial charge in [0.1, 0.15) is 0 Å². The van der Waals surface area contributed by atoms with Crippen LogP contribution in [0.2, 0.25) is 0 Å². The lowest BCUT2D eigenvalue weighted by molar-refractivity contribution is 0.185. The van der Waals surface area contributed by atoms with E-state index in [0.717, 1.165) is 36.8 Å². The highest BCUT2D eigenvalue weighted by molar-refractivity contribution is 7.89. The minimum absolute atomic E-state index is 0.205. The van der Waals surface area contributed by atoms with E-state index in [-0.39, 0.29) is 10.9 Å². The number of methoxy groups -OCH3 is 1. The van der Waals surface area contributed by atoms with Gasteiger partial charge in [-0.25, -0.2) is 13.2 Å². The third-order valence-electron chi connectivity index (χ3n) is 5.08. The van der Waals surface area contributed by atoms with Gasteiger partial charge in [-0.05, 0) is 42.2 Å². The summed E-state index contributed by atoms with van der Waals surface area (Å²) in [6.45, 7) is 2.00. The molecular weight excluding hydrogens is 402 g/mol. The van der Waals surface area contributed by atoms with E-state index < -0.39 is 10.0 Å². The number of hydrogen-bond acceptors (Lipinski definition) is 4. The largest absolute Gasteiger partial charge is 0.380 e. The number of anilines is 1. The predicted octanol–water partition coefficient (Wildman–Crippen LogP) is 3.72. The molecule has 0 bridgehead atoms. The van der Waals surface area contributed by atoms with Gasteiger partial charge in [0, 0.05) is 32.4 Å². The van der Waals surface area contributed by atoms with Crippen LogP contribution in [0.1, 0.15) is 36.8 Å². The number of urea groups is 1. The first-order chi connectivity index (χ1) is 14.5. The van der Waals surface area contributed by atoms with Gasteiger partial charge in [0.15, 0.2) is 0 Å². The molecule has 3 rings (SSSR count). The number of rotatable bonds is 7. The average molecular weight is 432 g/mol. The van der Waals surface area contributed by atoms with Crippen molar-refractivity contribution in [3.63, 3.8) is 0 Å². The lowest BCUT2D eigenvalue weighted by atomic mass is 10.1. The summed E-state index contributed by atoms with van der Waals surface area (Å²) in [7, 11) is -1.91. The topological polar surface area (TPSA) is 87.7 Å². The maximum absolute atomic E-state index is 13.0. The minimum Gasteiger partial charge on any atom is -0.380 e. The van der Waals surface area contributed by atoms with Crippen LogP contribution in [0, 0.1) is 0 Å². The first-order valence-electron chi connectivity index (χ1n) is 10.2. The second-order valence-electron chi connectivity index (χ2n) is 7.40. The van der Waals surface area contributed by atoms with E-state index in [0.29, 0.717) is 31.9 Å². The fourth-order valence-electron chi connectivity index (χ4n) is 3.44. The number of ether oxygens (including phenoxy) is 1. The van der Waals surface area contributed by atoms with E-state index in [9.17, 15) is 13.2 Å². The molecule has 2 N–H and O–H groups in total. The van der Waals surface area contributed by atoms with Gasteiger partial charge >= 0.3 is 6.03 Å². The Balaban J connectivity index is 1.59. The number of sulfonamides is 1. The molecule has 0 aromatic heterocycles. The predicted molar refractivity (Wildman–Crippen MR) is 117 cm³/mol. The molecule has 1 fully saturated rings. The van der Waals surface area contributed by atoms with Gasteiger partial charge in [-0.15, -0.1) is 0 Å². The molecule has 162 valence electrons. The lowest BCUT2D eigenvalue weighted by Crippen LogP contribution is -2.32. The van der Waals surface area contributed by atoms with Crippen molar-refractivity contribution in [1.82, 2.24) is 9.62 Å². The van der Waals surface area contributed by atoms with E-state index in [1.54, 1.807) is 29.6 Å². The molecule has 1 aliphatic heterocycles. The Labute approximate surface area is 178 Å². The van der Waals surface area contributed by atoms with Crippen LogP contribution in [0.25, 0.3) is 0 Å². The summed E-state index contributed by atoms with van der Waals surface area (Å²) >= 11 is 0. The molecule has 8 heteroatoms. The molecule has 1 heterocycles. The van der Waals surface area contributed by atoms with Crippen molar-refractivity contribution in [2.24, 2.45) is 0 Å². The monoisotopic (exact) mass is 431 g/mol. The van der Waals surface area contributed by atoms with Crippen LogP contribution in [0.4, 0.5) is 10.5 Å². The van der Waals surface area contributed by atoms with E-state index in [2.05, 4.69) is 10.6 Å². The van der Waals surface area contributed by atoms with Crippen LogP contribution in [0.15, 0.2) is 53.4 Å². The Bertz CT molecular complexity index is 937. The Morgan fingerprint density at radius 2 is 1.67 bits per heavy atom. The smallest absolute Gasteiger partial charge is 0.319 e. The number of amides is 2. The summed E-state index contributed by atoms with van der Waals surface area (Å²) in [5, 5.41) is 5.51. The van der Waals surface area contributed by atoms with E-state index in [4.69, 9.17) is 4.74 Å². The Kier molecular flexibility index (Phi) is 7.84. The highest BCUT2D eigenvalue weighted by atomic mass is 32.2. The third-order valence-corrected chi connectivity index (χ3v) is 6.98. The zero-order valence-corrected chi connectivity index (χ0v) is 18.1. The van der Waals surface area contributed by atoms with Gasteiger partial charge in [-0.3, -0.25) is 0 Å². The van der Waals surface area contributed by atoms with Gasteiger partial charge in [0.05, 0.1) is 11.5 Å². The van der Waals surface area contributed by atoms with Crippen molar-refractivity contribution in [2.45, 2.75) is 43.7 Å². The first-order valence-corrected chi connectivity index (χ1v) is 11.6. The summed E-state index contributed by atoms with van der Waals surface area (Å²) in [6, 6.07) is 13.8. The molecule has 2 amide bonds. The van der Waals surface area contributed by atoms with Gasteiger partial charge in [0.2, 0.25) is 10.0 Å². The second-order valence-corrected chi connectivity index (χ2v) is 9.34. The number of nitrogens with zero attached hydrogens (tertiary/aromatic N) is 1. The Hall–Kier alpha value is -2.42. The molecule has 0 unspecified atom stereocenters. The van der Waals surface area contributed by atoms with Crippen molar-refractivity contribution >= 4 is 21.7 Å². The quantitative estimate of drug-likeness (QED) is 0.699. The van der Waals surface area contributed by atoms with E-state index >= 15 is 0 Å². The number of hydrogen-bond donors (Lipinski definition) is 2. The summed E-state index contributed by atoms with van der Waals surface area (Å²) in [6.07, 6.45) is 3.88. The van der Waals surface area contributed by atoms with Crippen molar-refractivity contribution in [1.29, 1.82) is 0 Å². The minimum atomic E-state index is -3.56. The molecule has 0 saturated carbocycles. The molecule has 0 spiro atoms. The van der Waals surface area contributed by atoms with Gasteiger partial charge in [-0.2, -0.15) is 4.31 Å². The lowest BCUT2D eigenvalue weighted by Gasteiger charge is -2.20. The fourth-order valence-corrected chi connectivity index (χ4v) is 5.01. The fraction of sp³-hybridized carbons (Fsp3) is 0.409. The third kappa shape index (κ3) is 6.04. The highest BCUT2D eigenvalue weighted by Crippen LogP contribution is 2.22. The van der Waals surface area contributed by atoms with Crippen LogP contribution in [-0.4, -0.2) is 39.0 Å². The molecular formula is C22H29N3O4S. The van der Waals surface area contributed by atoms with Crippen molar-refractivity contribution < 1.29 is 17.9 Å². The summed E-state index contributed by atoms with van der Waals surface area (Å²) in [5.74, 6) is 0. The van der Waals surface area contributed by atoms with Gasteiger partial charge in [-0.1, -0.05) is 43.2 Å².